The molecule has 2 unspecified atom stereocenters. The second-order valence-corrected chi connectivity index (χ2v) is 5.46. The molecule has 2 N–H and O–H groups in total. The van der Waals surface area contributed by atoms with Crippen LogP contribution in [0.1, 0.15) is 32.6 Å². The number of hydrogen-bond acceptors (Lipinski definition) is 2. The fraction of sp³-hybridized carbons (Fsp3) is 0.571. The van der Waals surface area contributed by atoms with Crippen LogP contribution in [-0.2, 0) is 0 Å². The minimum absolute atomic E-state index is 0.169. The molecule has 0 amide bonds. The number of piperidine rings is 1. The normalized spacial score (nSPS) is 21.6. The summed E-state index contributed by atoms with van der Waals surface area (Å²) in [5.41, 5.74) is 0.792. The van der Waals surface area contributed by atoms with E-state index in [4.69, 9.17) is 11.6 Å². The van der Waals surface area contributed by atoms with Gasteiger partial charge in [0.2, 0.25) is 0 Å². The zero-order valence-electron chi connectivity index (χ0n) is 10.7. The maximum absolute atomic E-state index is 13.3. The molecular formula is C14H20ClFN2. The quantitative estimate of drug-likeness (QED) is 0.869. The van der Waals surface area contributed by atoms with Crippen molar-refractivity contribution in [1.29, 1.82) is 0 Å². The summed E-state index contributed by atoms with van der Waals surface area (Å²) < 4.78 is 13.3. The van der Waals surface area contributed by atoms with Gasteiger partial charge in [0.15, 0.2) is 0 Å². The van der Waals surface area contributed by atoms with Crippen LogP contribution in [0.4, 0.5) is 10.1 Å². The summed E-state index contributed by atoms with van der Waals surface area (Å²) in [4.78, 5) is 0. The highest BCUT2D eigenvalue weighted by atomic mass is 35.5. The highest BCUT2D eigenvalue weighted by Gasteiger charge is 2.15. The molecule has 0 saturated carbocycles. The van der Waals surface area contributed by atoms with Crippen molar-refractivity contribution >= 4 is 17.3 Å². The second kappa shape index (κ2) is 6.39. The van der Waals surface area contributed by atoms with Gasteiger partial charge in [-0.2, -0.15) is 0 Å². The number of rotatable bonds is 4. The first-order chi connectivity index (χ1) is 8.65. The van der Waals surface area contributed by atoms with Gasteiger partial charge in [0.25, 0.3) is 0 Å². The van der Waals surface area contributed by atoms with E-state index < -0.39 is 0 Å². The third-order valence-electron chi connectivity index (χ3n) is 3.38. The number of hydrogen-bond donors (Lipinski definition) is 2. The van der Waals surface area contributed by atoms with Crippen LogP contribution in [-0.4, -0.2) is 18.6 Å². The lowest BCUT2D eigenvalue weighted by Gasteiger charge is -2.27. The largest absolute Gasteiger partial charge is 0.382 e. The summed E-state index contributed by atoms with van der Waals surface area (Å²) >= 11 is 5.66. The highest BCUT2D eigenvalue weighted by Crippen LogP contribution is 2.20. The van der Waals surface area contributed by atoms with Crippen molar-refractivity contribution < 1.29 is 4.39 Å². The van der Waals surface area contributed by atoms with Gasteiger partial charge in [-0.1, -0.05) is 18.0 Å². The SMILES string of the molecule is CC(CC1CCCCN1)Nc1ccc(Cl)c(F)c1. The lowest BCUT2D eigenvalue weighted by Crippen LogP contribution is -2.37. The van der Waals surface area contributed by atoms with Crippen LogP contribution in [0.25, 0.3) is 0 Å². The van der Waals surface area contributed by atoms with Gasteiger partial charge in [-0.05, 0) is 50.9 Å². The molecule has 1 aromatic rings. The van der Waals surface area contributed by atoms with Gasteiger partial charge < -0.3 is 10.6 Å². The lowest BCUT2D eigenvalue weighted by atomic mass is 9.99. The van der Waals surface area contributed by atoms with Crippen LogP contribution in [0.3, 0.4) is 0 Å². The van der Waals surface area contributed by atoms with Crippen LogP contribution in [0.2, 0.25) is 5.02 Å². The molecule has 1 saturated heterocycles. The maximum Gasteiger partial charge on any atom is 0.143 e. The molecule has 1 aliphatic rings. The van der Waals surface area contributed by atoms with E-state index in [1.165, 1.54) is 25.3 Å². The Hall–Kier alpha value is -0.800. The van der Waals surface area contributed by atoms with E-state index in [1.807, 2.05) is 6.07 Å². The topological polar surface area (TPSA) is 24.1 Å². The Bertz CT molecular complexity index is 391. The van der Waals surface area contributed by atoms with E-state index in [9.17, 15) is 4.39 Å². The first-order valence-corrected chi connectivity index (χ1v) is 6.98. The Balaban J connectivity index is 1.85. The second-order valence-electron chi connectivity index (χ2n) is 5.06. The minimum Gasteiger partial charge on any atom is -0.382 e. The van der Waals surface area contributed by atoms with Crippen LogP contribution in [0.15, 0.2) is 18.2 Å². The van der Waals surface area contributed by atoms with Gasteiger partial charge >= 0.3 is 0 Å². The lowest BCUT2D eigenvalue weighted by molar-refractivity contribution is 0.371. The standard InChI is InChI=1S/C14H20ClFN2/c1-10(8-11-4-2-3-7-17-11)18-12-5-6-13(15)14(16)9-12/h5-6,9-11,17-18H,2-4,7-8H2,1H3. The van der Waals surface area contributed by atoms with E-state index in [0.717, 1.165) is 18.7 Å². The zero-order valence-corrected chi connectivity index (χ0v) is 11.4. The van der Waals surface area contributed by atoms with Crippen LogP contribution < -0.4 is 10.6 Å². The molecule has 100 valence electrons. The molecule has 2 rings (SSSR count). The van der Waals surface area contributed by atoms with Crippen molar-refractivity contribution in [2.45, 2.75) is 44.7 Å². The molecule has 1 aliphatic heterocycles. The van der Waals surface area contributed by atoms with Crippen molar-refractivity contribution in [2.75, 3.05) is 11.9 Å². The molecule has 1 fully saturated rings. The van der Waals surface area contributed by atoms with Crippen molar-refractivity contribution in [3.63, 3.8) is 0 Å². The molecule has 4 heteroatoms. The molecule has 2 atom stereocenters. The van der Waals surface area contributed by atoms with Crippen molar-refractivity contribution in [1.82, 2.24) is 5.32 Å². The van der Waals surface area contributed by atoms with Crippen LogP contribution in [0.5, 0.6) is 0 Å². The average Bonchev–Trinajstić information content (AvgIpc) is 2.35. The first kappa shape index (κ1) is 13.6. The summed E-state index contributed by atoms with van der Waals surface area (Å²) in [5, 5.41) is 7.01. The van der Waals surface area contributed by atoms with Crippen LogP contribution in [0, 0.1) is 5.82 Å². The van der Waals surface area contributed by atoms with E-state index in [2.05, 4.69) is 17.6 Å². The Morgan fingerprint density at radius 1 is 1.50 bits per heavy atom. The number of benzene rings is 1. The molecule has 0 aliphatic carbocycles. The summed E-state index contributed by atoms with van der Waals surface area (Å²) in [7, 11) is 0. The molecule has 0 spiro atoms. The van der Waals surface area contributed by atoms with E-state index in [0.29, 0.717) is 12.1 Å². The van der Waals surface area contributed by atoms with Gasteiger partial charge in [0, 0.05) is 17.8 Å². The fourth-order valence-electron chi connectivity index (χ4n) is 2.48. The van der Waals surface area contributed by atoms with Crippen molar-refractivity contribution in [3.8, 4) is 0 Å². The van der Waals surface area contributed by atoms with Crippen molar-refractivity contribution in [3.05, 3.63) is 29.0 Å². The molecule has 1 heterocycles. The summed E-state index contributed by atoms with van der Waals surface area (Å²) in [6, 6.07) is 5.76. The third-order valence-corrected chi connectivity index (χ3v) is 3.69. The Labute approximate surface area is 113 Å². The molecule has 2 nitrogen and oxygen atoms in total. The van der Waals surface area contributed by atoms with Crippen LogP contribution >= 0.6 is 11.6 Å². The van der Waals surface area contributed by atoms with E-state index >= 15 is 0 Å². The predicted octanol–water partition coefficient (Wildman–Crippen LogP) is 3.81. The molecule has 1 aromatic carbocycles. The monoisotopic (exact) mass is 270 g/mol. The fourth-order valence-corrected chi connectivity index (χ4v) is 2.60. The minimum atomic E-state index is -0.371. The summed E-state index contributed by atoms with van der Waals surface area (Å²) in [6.45, 7) is 3.25. The number of halogens is 2. The highest BCUT2D eigenvalue weighted by molar-refractivity contribution is 6.30. The maximum atomic E-state index is 13.3. The van der Waals surface area contributed by atoms with Gasteiger partial charge in [0.05, 0.1) is 5.02 Å². The summed E-state index contributed by atoms with van der Waals surface area (Å²) in [6.07, 6.45) is 4.88. The number of anilines is 1. The Morgan fingerprint density at radius 3 is 3.00 bits per heavy atom. The Kier molecular flexibility index (Phi) is 4.84. The molecule has 0 radical (unpaired) electrons. The molecule has 0 aromatic heterocycles. The molecular weight excluding hydrogens is 251 g/mol. The smallest absolute Gasteiger partial charge is 0.143 e. The predicted molar refractivity (Wildman–Crippen MR) is 74.8 cm³/mol. The van der Waals surface area contributed by atoms with E-state index in [1.54, 1.807) is 6.07 Å². The zero-order chi connectivity index (χ0) is 13.0. The number of nitrogens with one attached hydrogen (secondary N) is 2. The summed E-state index contributed by atoms with van der Waals surface area (Å²) in [5.74, 6) is -0.371. The van der Waals surface area contributed by atoms with Crippen molar-refractivity contribution in [2.24, 2.45) is 0 Å². The average molecular weight is 271 g/mol. The molecule has 0 bridgehead atoms. The van der Waals surface area contributed by atoms with E-state index in [-0.39, 0.29) is 10.8 Å². The third kappa shape index (κ3) is 3.85. The van der Waals surface area contributed by atoms with Gasteiger partial charge in [0.1, 0.15) is 5.82 Å². The van der Waals surface area contributed by atoms with Gasteiger partial charge in [-0.25, -0.2) is 4.39 Å². The van der Waals surface area contributed by atoms with Gasteiger partial charge in [-0.15, -0.1) is 0 Å². The first-order valence-electron chi connectivity index (χ1n) is 6.60. The Morgan fingerprint density at radius 2 is 2.33 bits per heavy atom. The molecule has 18 heavy (non-hydrogen) atoms. The van der Waals surface area contributed by atoms with Gasteiger partial charge in [-0.3, -0.25) is 0 Å².